The molecule has 1 aliphatic heterocycles. The number of aliphatic hydroxyl groups is 1. The Morgan fingerprint density at radius 1 is 1.03 bits per heavy atom. The highest BCUT2D eigenvalue weighted by Crippen LogP contribution is 2.43. The number of rotatable bonds is 9. The van der Waals surface area contributed by atoms with Crippen LogP contribution in [0.4, 0.5) is 4.39 Å². The molecular weight excluding hydrogens is 483 g/mol. The average Bonchev–Trinajstić information content (AvgIpc) is 3.42. The SMILES string of the molecule is CCC1CC[NH+](Cc2cc(C(O)(c3ccccc3)C3CCCCC3)no2)CC1CSc1ccc(F)cc1. The minimum atomic E-state index is -1.11. The molecule has 2 heterocycles. The second-order valence-electron chi connectivity index (χ2n) is 11.0. The van der Waals surface area contributed by atoms with Gasteiger partial charge in [0.25, 0.3) is 0 Å². The van der Waals surface area contributed by atoms with E-state index in [9.17, 15) is 9.50 Å². The summed E-state index contributed by atoms with van der Waals surface area (Å²) >= 11 is 1.84. The van der Waals surface area contributed by atoms with Gasteiger partial charge < -0.3 is 14.5 Å². The molecule has 1 saturated heterocycles. The van der Waals surface area contributed by atoms with Crippen LogP contribution in [0.2, 0.25) is 0 Å². The molecule has 5 rings (SSSR count). The number of likely N-dealkylation sites (tertiary alicyclic amines) is 1. The predicted molar refractivity (Wildman–Crippen MR) is 146 cm³/mol. The van der Waals surface area contributed by atoms with Gasteiger partial charge in [0.05, 0.1) is 13.1 Å². The van der Waals surface area contributed by atoms with Gasteiger partial charge in [-0.3, -0.25) is 0 Å². The van der Waals surface area contributed by atoms with E-state index in [4.69, 9.17) is 4.52 Å². The number of quaternary nitrogens is 1. The van der Waals surface area contributed by atoms with Crippen LogP contribution >= 0.6 is 11.8 Å². The fraction of sp³-hybridized carbons (Fsp3) is 0.516. The highest BCUT2D eigenvalue weighted by Gasteiger charge is 2.43. The van der Waals surface area contributed by atoms with Crippen LogP contribution in [0.5, 0.6) is 0 Å². The normalized spacial score (nSPS) is 24.6. The van der Waals surface area contributed by atoms with Crippen LogP contribution in [0.25, 0.3) is 0 Å². The second kappa shape index (κ2) is 12.1. The molecule has 0 bridgehead atoms. The van der Waals surface area contributed by atoms with Gasteiger partial charge in [-0.05, 0) is 60.9 Å². The zero-order valence-electron chi connectivity index (χ0n) is 21.9. The Morgan fingerprint density at radius 2 is 1.78 bits per heavy atom. The van der Waals surface area contributed by atoms with Gasteiger partial charge in [0.1, 0.15) is 23.7 Å². The molecule has 198 valence electrons. The number of aromatic nitrogens is 1. The Kier molecular flexibility index (Phi) is 8.68. The first-order valence-corrected chi connectivity index (χ1v) is 15.0. The molecule has 0 spiro atoms. The fourth-order valence-electron chi connectivity index (χ4n) is 6.52. The van der Waals surface area contributed by atoms with E-state index in [1.54, 1.807) is 12.1 Å². The first-order chi connectivity index (χ1) is 18.1. The van der Waals surface area contributed by atoms with Crippen LogP contribution in [0, 0.1) is 23.6 Å². The molecule has 2 fully saturated rings. The van der Waals surface area contributed by atoms with Gasteiger partial charge in [-0.2, -0.15) is 0 Å². The molecule has 1 aliphatic carbocycles. The number of nitrogens with one attached hydrogen (secondary N) is 1. The summed E-state index contributed by atoms with van der Waals surface area (Å²) in [4.78, 5) is 2.64. The summed E-state index contributed by atoms with van der Waals surface area (Å²) in [5.41, 5.74) is 0.463. The molecule has 2 aliphatic rings. The minimum absolute atomic E-state index is 0.155. The van der Waals surface area contributed by atoms with Crippen molar-refractivity contribution in [3.63, 3.8) is 0 Å². The maximum atomic E-state index is 13.3. The van der Waals surface area contributed by atoms with Crippen molar-refractivity contribution >= 4 is 11.8 Å². The Bertz CT molecular complexity index is 1120. The van der Waals surface area contributed by atoms with Crippen LogP contribution in [0.3, 0.4) is 0 Å². The number of hydrogen-bond acceptors (Lipinski definition) is 4. The van der Waals surface area contributed by atoms with Crippen molar-refractivity contribution in [1.29, 1.82) is 0 Å². The zero-order valence-corrected chi connectivity index (χ0v) is 22.7. The number of piperidine rings is 1. The highest BCUT2D eigenvalue weighted by molar-refractivity contribution is 7.99. The summed E-state index contributed by atoms with van der Waals surface area (Å²) in [5, 5.41) is 16.6. The van der Waals surface area contributed by atoms with Gasteiger partial charge in [-0.15, -0.1) is 11.8 Å². The fourth-order valence-corrected chi connectivity index (χ4v) is 7.64. The van der Waals surface area contributed by atoms with Gasteiger partial charge in [0.2, 0.25) is 0 Å². The number of thioether (sulfide) groups is 1. The van der Waals surface area contributed by atoms with Crippen LogP contribution in [0.1, 0.15) is 68.9 Å². The van der Waals surface area contributed by atoms with Crippen LogP contribution in [0.15, 0.2) is 70.1 Å². The van der Waals surface area contributed by atoms with E-state index in [0.29, 0.717) is 11.6 Å². The van der Waals surface area contributed by atoms with Gasteiger partial charge in [-0.25, -0.2) is 4.39 Å². The predicted octanol–water partition coefficient (Wildman–Crippen LogP) is 5.85. The summed E-state index contributed by atoms with van der Waals surface area (Å²) in [6.07, 6.45) is 7.96. The molecule has 2 aromatic carbocycles. The molecule has 4 unspecified atom stereocenters. The van der Waals surface area contributed by atoms with E-state index >= 15 is 0 Å². The van der Waals surface area contributed by atoms with E-state index in [1.807, 2.05) is 60.3 Å². The molecule has 3 aromatic rings. The van der Waals surface area contributed by atoms with Crippen LogP contribution in [-0.4, -0.2) is 29.1 Å². The zero-order chi connectivity index (χ0) is 25.7. The molecule has 37 heavy (non-hydrogen) atoms. The molecule has 2 N–H and O–H groups in total. The third-order valence-corrected chi connectivity index (χ3v) is 9.87. The van der Waals surface area contributed by atoms with Gasteiger partial charge in [0.15, 0.2) is 5.76 Å². The molecule has 6 heteroatoms. The van der Waals surface area contributed by atoms with Crippen molar-refractivity contribution in [2.24, 2.45) is 17.8 Å². The van der Waals surface area contributed by atoms with Crippen molar-refractivity contribution < 1.29 is 18.9 Å². The summed E-state index contributed by atoms with van der Waals surface area (Å²) in [6, 6.07) is 18.9. The van der Waals surface area contributed by atoms with Gasteiger partial charge in [0, 0.05) is 22.6 Å². The van der Waals surface area contributed by atoms with E-state index in [2.05, 4.69) is 12.1 Å². The van der Waals surface area contributed by atoms with Crippen molar-refractivity contribution in [2.45, 2.75) is 68.9 Å². The molecule has 4 atom stereocenters. The smallest absolute Gasteiger partial charge is 0.191 e. The molecule has 1 aromatic heterocycles. The summed E-state index contributed by atoms with van der Waals surface area (Å²) in [6.45, 7) is 5.30. The minimum Gasteiger partial charge on any atom is -0.378 e. The number of halogens is 1. The lowest BCUT2D eigenvalue weighted by Crippen LogP contribution is -3.12. The van der Waals surface area contributed by atoms with Crippen molar-refractivity contribution in [1.82, 2.24) is 5.16 Å². The maximum absolute atomic E-state index is 13.3. The summed E-state index contributed by atoms with van der Waals surface area (Å²) in [7, 11) is 0. The monoisotopic (exact) mass is 523 g/mol. The first kappa shape index (κ1) is 26.5. The number of hydrogen-bond donors (Lipinski definition) is 2. The number of nitrogens with zero attached hydrogens (tertiary/aromatic N) is 1. The molecule has 1 saturated carbocycles. The van der Waals surface area contributed by atoms with E-state index < -0.39 is 5.60 Å². The topological polar surface area (TPSA) is 50.7 Å². The Labute approximate surface area is 224 Å². The molecule has 0 amide bonds. The summed E-state index contributed by atoms with van der Waals surface area (Å²) in [5.74, 6) is 3.20. The van der Waals surface area contributed by atoms with Crippen molar-refractivity contribution in [3.05, 3.63) is 83.5 Å². The third-order valence-electron chi connectivity index (χ3n) is 8.67. The molecule has 0 radical (unpaired) electrons. The quantitative estimate of drug-likeness (QED) is 0.345. The lowest BCUT2D eigenvalue weighted by atomic mass is 9.71. The second-order valence-corrected chi connectivity index (χ2v) is 12.1. The van der Waals surface area contributed by atoms with E-state index in [0.717, 1.165) is 73.2 Å². The lowest BCUT2D eigenvalue weighted by molar-refractivity contribution is -0.924. The van der Waals surface area contributed by atoms with E-state index in [-0.39, 0.29) is 11.7 Å². The van der Waals surface area contributed by atoms with Gasteiger partial charge in [-0.1, -0.05) is 68.1 Å². The number of benzene rings is 2. The first-order valence-electron chi connectivity index (χ1n) is 14.0. The molecular formula is C31H40FN2O2S+. The summed E-state index contributed by atoms with van der Waals surface area (Å²) < 4.78 is 19.2. The van der Waals surface area contributed by atoms with Crippen LogP contribution < -0.4 is 4.90 Å². The highest BCUT2D eigenvalue weighted by atomic mass is 32.2. The standard InChI is InChI=1S/C31H39FN2O2S/c1-2-23-17-18-34(20-24(23)22-37-29-15-13-27(32)14-16-29)21-28-19-30(33-36-28)31(35,25-9-5-3-6-10-25)26-11-7-4-8-12-26/h3,5-6,9-10,13-16,19,23-24,26,35H,2,4,7-8,11-12,17-18,20-22H2,1H3/p+1. The Morgan fingerprint density at radius 3 is 2.51 bits per heavy atom. The van der Waals surface area contributed by atoms with Crippen molar-refractivity contribution in [2.75, 3.05) is 18.8 Å². The molecule has 4 nitrogen and oxygen atoms in total. The van der Waals surface area contributed by atoms with Crippen molar-refractivity contribution in [3.8, 4) is 0 Å². The van der Waals surface area contributed by atoms with Gasteiger partial charge >= 0.3 is 0 Å². The maximum Gasteiger partial charge on any atom is 0.191 e. The average molecular weight is 524 g/mol. The Balaban J connectivity index is 1.28. The largest absolute Gasteiger partial charge is 0.378 e. The Hall–Kier alpha value is -2.15. The lowest BCUT2D eigenvalue weighted by Gasteiger charge is -2.37. The van der Waals surface area contributed by atoms with Crippen LogP contribution in [-0.2, 0) is 12.1 Å². The third kappa shape index (κ3) is 6.13. The van der Waals surface area contributed by atoms with E-state index in [1.165, 1.54) is 24.2 Å².